The number of aromatic nitrogens is 4. The first kappa shape index (κ1) is 21.2. The minimum Gasteiger partial charge on any atom is -0.495 e. The maximum absolute atomic E-state index is 13.0. The number of rotatable bonds is 7. The molecule has 2 aromatic heterocycles. The zero-order valence-electron chi connectivity index (χ0n) is 17.4. The number of aliphatic hydroxyl groups is 1. The Labute approximate surface area is 179 Å². The van der Waals surface area contributed by atoms with Crippen LogP contribution in [0.1, 0.15) is 19.0 Å². The van der Waals surface area contributed by atoms with Crippen molar-refractivity contribution < 1.29 is 18.3 Å². The fourth-order valence-corrected chi connectivity index (χ4v) is 4.98. The third-order valence-corrected chi connectivity index (χ3v) is 6.74. The fourth-order valence-electron chi connectivity index (χ4n) is 3.48. The van der Waals surface area contributed by atoms with E-state index in [-0.39, 0.29) is 17.3 Å². The zero-order chi connectivity index (χ0) is 22.2. The van der Waals surface area contributed by atoms with E-state index in [2.05, 4.69) is 20.0 Å². The molecule has 0 aliphatic rings. The first-order valence-corrected chi connectivity index (χ1v) is 11.3. The molecule has 2 aromatic carbocycles. The Hall–Kier alpha value is -3.08. The van der Waals surface area contributed by atoms with Crippen molar-refractivity contribution in [2.24, 2.45) is 0 Å². The number of ether oxygens (including phenoxy) is 1. The lowest BCUT2D eigenvalue weighted by molar-refractivity contribution is 0.253. The predicted molar refractivity (Wildman–Crippen MR) is 116 cm³/mol. The van der Waals surface area contributed by atoms with E-state index in [1.54, 1.807) is 23.6 Å². The Bertz CT molecular complexity index is 1360. The standard InChI is InChI=1S/C21H23N5O4S/c1-4-15(12-27)25-31(28,29)19-11-14(9-10-18(19)30-3)20-22-23-21-17-8-6-5-7-16(17)13(2)24-26(20)21/h5-11,15,25,27H,4,12H2,1-3H3/t15-/m0/s1. The summed E-state index contributed by atoms with van der Waals surface area (Å²) < 4.78 is 35.4. The Morgan fingerprint density at radius 2 is 1.90 bits per heavy atom. The number of sulfonamides is 1. The molecule has 0 aliphatic carbocycles. The smallest absolute Gasteiger partial charge is 0.244 e. The quantitative estimate of drug-likeness (QED) is 0.452. The average molecular weight is 442 g/mol. The molecule has 162 valence electrons. The van der Waals surface area contributed by atoms with E-state index in [1.165, 1.54) is 13.2 Å². The lowest BCUT2D eigenvalue weighted by atomic mass is 10.1. The van der Waals surface area contributed by atoms with Crippen LogP contribution in [0.5, 0.6) is 5.75 Å². The van der Waals surface area contributed by atoms with Gasteiger partial charge in [0.25, 0.3) is 0 Å². The van der Waals surface area contributed by atoms with E-state index >= 15 is 0 Å². The first-order valence-electron chi connectivity index (χ1n) is 9.82. The number of nitrogens with zero attached hydrogens (tertiary/aromatic N) is 4. The van der Waals surface area contributed by atoms with Gasteiger partial charge < -0.3 is 9.84 Å². The highest BCUT2D eigenvalue weighted by Gasteiger charge is 2.24. The van der Waals surface area contributed by atoms with Crippen molar-refractivity contribution in [3.8, 4) is 17.1 Å². The first-order chi connectivity index (χ1) is 14.9. The van der Waals surface area contributed by atoms with Gasteiger partial charge in [-0.1, -0.05) is 31.2 Å². The molecule has 0 unspecified atom stereocenters. The summed E-state index contributed by atoms with van der Waals surface area (Å²) in [6.07, 6.45) is 0.447. The summed E-state index contributed by atoms with van der Waals surface area (Å²) in [5.74, 6) is 0.601. The van der Waals surface area contributed by atoms with Gasteiger partial charge in [0.15, 0.2) is 11.5 Å². The number of nitrogens with one attached hydrogen (secondary N) is 1. The SMILES string of the molecule is CC[C@@H](CO)NS(=O)(=O)c1cc(-c2nnc3c4ccccc4c(C)nn23)ccc1OC. The maximum atomic E-state index is 13.0. The molecule has 9 nitrogen and oxygen atoms in total. The molecule has 0 saturated carbocycles. The van der Waals surface area contributed by atoms with Crippen molar-refractivity contribution in [2.75, 3.05) is 13.7 Å². The van der Waals surface area contributed by atoms with Crippen LogP contribution in [0.3, 0.4) is 0 Å². The summed E-state index contributed by atoms with van der Waals surface area (Å²) in [6.45, 7) is 3.39. The van der Waals surface area contributed by atoms with Gasteiger partial charge in [0.05, 0.1) is 19.4 Å². The normalized spacial score (nSPS) is 13.0. The predicted octanol–water partition coefficient (Wildman–Crippen LogP) is 2.31. The van der Waals surface area contributed by atoms with Crippen LogP contribution in [0, 0.1) is 6.92 Å². The van der Waals surface area contributed by atoms with Crippen LogP contribution < -0.4 is 9.46 Å². The maximum Gasteiger partial charge on any atom is 0.244 e. The number of fused-ring (bicyclic) bond motifs is 3. The molecular weight excluding hydrogens is 418 g/mol. The molecule has 4 aromatic rings. The van der Waals surface area contributed by atoms with Crippen molar-refractivity contribution in [2.45, 2.75) is 31.2 Å². The number of benzene rings is 2. The topological polar surface area (TPSA) is 119 Å². The van der Waals surface area contributed by atoms with Crippen LogP contribution in [0.25, 0.3) is 27.8 Å². The van der Waals surface area contributed by atoms with Crippen molar-refractivity contribution in [1.29, 1.82) is 0 Å². The van der Waals surface area contributed by atoms with Crippen LogP contribution in [0.2, 0.25) is 0 Å². The number of aryl methyl sites for hydroxylation is 1. The Kier molecular flexibility index (Phi) is 5.61. The second kappa shape index (κ2) is 8.22. The molecule has 0 radical (unpaired) electrons. The molecule has 0 aliphatic heterocycles. The second-order valence-electron chi connectivity index (χ2n) is 7.16. The van der Waals surface area contributed by atoms with E-state index in [0.717, 1.165) is 16.5 Å². The van der Waals surface area contributed by atoms with Gasteiger partial charge in [-0.2, -0.15) is 9.61 Å². The molecule has 0 amide bonds. The second-order valence-corrected chi connectivity index (χ2v) is 8.85. The molecule has 2 N–H and O–H groups in total. The minimum atomic E-state index is -3.95. The van der Waals surface area contributed by atoms with Crippen LogP contribution in [0.15, 0.2) is 47.4 Å². The monoisotopic (exact) mass is 441 g/mol. The largest absolute Gasteiger partial charge is 0.495 e. The molecule has 31 heavy (non-hydrogen) atoms. The summed E-state index contributed by atoms with van der Waals surface area (Å²) in [7, 11) is -2.55. The number of hydrogen-bond donors (Lipinski definition) is 2. The minimum absolute atomic E-state index is 0.0475. The van der Waals surface area contributed by atoms with E-state index < -0.39 is 16.1 Å². The molecule has 0 saturated heterocycles. The van der Waals surface area contributed by atoms with Gasteiger partial charge in [0, 0.05) is 22.4 Å². The van der Waals surface area contributed by atoms with Gasteiger partial charge >= 0.3 is 0 Å². The summed E-state index contributed by atoms with van der Waals surface area (Å²) in [5.41, 5.74) is 1.91. The summed E-state index contributed by atoms with van der Waals surface area (Å²) in [4.78, 5) is -0.0475. The summed E-state index contributed by atoms with van der Waals surface area (Å²) >= 11 is 0. The van der Waals surface area contributed by atoms with Gasteiger partial charge in [-0.3, -0.25) is 0 Å². The van der Waals surface area contributed by atoms with E-state index in [4.69, 9.17) is 4.74 Å². The summed E-state index contributed by atoms with van der Waals surface area (Å²) in [6, 6.07) is 11.9. The van der Waals surface area contributed by atoms with Gasteiger partial charge in [0.1, 0.15) is 10.6 Å². The fraction of sp³-hybridized carbons (Fsp3) is 0.286. The van der Waals surface area contributed by atoms with Crippen LogP contribution in [0.4, 0.5) is 0 Å². The molecular formula is C21H23N5O4S. The van der Waals surface area contributed by atoms with Crippen LogP contribution in [-0.2, 0) is 10.0 Å². The molecule has 0 bridgehead atoms. The van der Waals surface area contributed by atoms with E-state index in [9.17, 15) is 13.5 Å². The van der Waals surface area contributed by atoms with Crippen molar-refractivity contribution in [1.82, 2.24) is 24.5 Å². The molecule has 2 heterocycles. The Morgan fingerprint density at radius 3 is 2.58 bits per heavy atom. The number of methoxy groups -OCH3 is 1. The Morgan fingerprint density at radius 1 is 1.16 bits per heavy atom. The van der Waals surface area contributed by atoms with Gasteiger partial charge in [-0.05, 0) is 31.5 Å². The number of aliphatic hydroxyl groups excluding tert-OH is 1. The molecule has 0 fully saturated rings. The zero-order valence-corrected chi connectivity index (χ0v) is 18.2. The number of hydrogen-bond acceptors (Lipinski definition) is 7. The molecule has 10 heteroatoms. The van der Waals surface area contributed by atoms with E-state index in [0.29, 0.717) is 23.5 Å². The lowest BCUT2D eigenvalue weighted by Gasteiger charge is -2.16. The molecule has 1 atom stereocenters. The van der Waals surface area contributed by atoms with Crippen molar-refractivity contribution in [3.05, 3.63) is 48.2 Å². The molecule has 0 spiro atoms. The highest BCUT2D eigenvalue weighted by atomic mass is 32.2. The van der Waals surface area contributed by atoms with Crippen molar-refractivity contribution in [3.63, 3.8) is 0 Å². The highest BCUT2D eigenvalue weighted by molar-refractivity contribution is 7.89. The highest BCUT2D eigenvalue weighted by Crippen LogP contribution is 2.30. The molecule has 4 rings (SSSR count). The van der Waals surface area contributed by atoms with Gasteiger partial charge in [0.2, 0.25) is 10.0 Å². The lowest BCUT2D eigenvalue weighted by Crippen LogP contribution is -2.37. The van der Waals surface area contributed by atoms with Crippen LogP contribution in [-0.4, -0.2) is 53.1 Å². The van der Waals surface area contributed by atoms with Gasteiger partial charge in [-0.15, -0.1) is 10.2 Å². The van der Waals surface area contributed by atoms with E-state index in [1.807, 2.05) is 31.2 Å². The third-order valence-electron chi connectivity index (χ3n) is 5.19. The van der Waals surface area contributed by atoms with Crippen LogP contribution >= 0.6 is 0 Å². The van der Waals surface area contributed by atoms with Crippen molar-refractivity contribution >= 4 is 26.4 Å². The van der Waals surface area contributed by atoms with Gasteiger partial charge in [-0.25, -0.2) is 13.1 Å². The average Bonchev–Trinajstić information content (AvgIpc) is 3.21. The third kappa shape index (κ3) is 3.73. The summed E-state index contributed by atoms with van der Waals surface area (Å²) in [5, 5.41) is 24.5. The Balaban J connectivity index is 1.88.